The van der Waals surface area contributed by atoms with E-state index in [2.05, 4.69) is 70.7 Å². The molecule has 2 aromatic rings. The molecule has 0 aliphatic carbocycles. The first-order valence-electron chi connectivity index (χ1n) is 6.95. The number of pyridine rings is 1. The maximum absolute atomic E-state index is 4.47. The Morgan fingerprint density at radius 2 is 1.86 bits per heavy atom. The third-order valence-corrected chi connectivity index (χ3v) is 5.39. The zero-order valence-electron chi connectivity index (χ0n) is 11.7. The van der Waals surface area contributed by atoms with Crippen molar-refractivity contribution in [2.75, 3.05) is 0 Å². The highest BCUT2D eigenvalue weighted by atomic mass is 31.1. The number of hydrogen-bond donors (Lipinski definition) is 1. The third-order valence-electron chi connectivity index (χ3n) is 3.17. The average molecular weight is 292 g/mol. The quantitative estimate of drug-likeness (QED) is 0.864. The van der Waals surface area contributed by atoms with Crippen molar-refractivity contribution in [2.24, 2.45) is 0 Å². The van der Waals surface area contributed by atoms with Crippen molar-refractivity contribution in [3.63, 3.8) is 0 Å². The van der Waals surface area contributed by atoms with Gasteiger partial charge in [0.05, 0.1) is 0 Å². The molecule has 3 rings (SSSR count). The molecule has 0 fully saturated rings. The van der Waals surface area contributed by atoms with E-state index in [9.17, 15) is 0 Å². The third kappa shape index (κ3) is 3.90. The van der Waals surface area contributed by atoms with Crippen LogP contribution in [-0.2, 0) is 6.16 Å². The molecular formula is C18H17N2P. The van der Waals surface area contributed by atoms with Crippen molar-refractivity contribution >= 4 is 13.2 Å². The van der Waals surface area contributed by atoms with Gasteiger partial charge in [0, 0.05) is 29.9 Å². The van der Waals surface area contributed by atoms with Gasteiger partial charge in [0.25, 0.3) is 0 Å². The van der Waals surface area contributed by atoms with E-state index in [-0.39, 0.29) is 0 Å². The minimum atomic E-state index is -0.427. The number of hydrogen-bond acceptors (Lipinski definition) is 2. The van der Waals surface area contributed by atoms with Gasteiger partial charge >= 0.3 is 0 Å². The molecule has 2 heterocycles. The molecular weight excluding hydrogens is 275 g/mol. The predicted molar refractivity (Wildman–Crippen MR) is 90.4 cm³/mol. The van der Waals surface area contributed by atoms with E-state index < -0.39 is 7.92 Å². The number of rotatable bonds is 4. The minimum Gasteiger partial charge on any atom is -0.362 e. The summed E-state index contributed by atoms with van der Waals surface area (Å²) >= 11 is 0. The molecule has 1 aromatic carbocycles. The molecule has 0 bridgehead atoms. The van der Waals surface area contributed by atoms with Gasteiger partial charge in [0.1, 0.15) is 0 Å². The van der Waals surface area contributed by atoms with Gasteiger partial charge in [-0.2, -0.15) is 0 Å². The van der Waals surface area contributed by atoms with Gasteiger partial charge in [-0.15, -0.1) is 0 Å². The Morgan fingerprint density at radius 3 is 2.57 bits per heavy atom. The van der Waals surface area contributed by atoms with Gasteiger partial charge in [-0.3, -0.25) is 4.98 Å². The minimum absolute atomic E-state index is 0.427. The van der Waals surface area contributed by atoms with Gasteiger partial charge in [-0.05, 0) is 43.3 Å². The summed E-state index contributed by atoms with van der Waals surface area (Å²) in [6.07, 6.45) is 11.0. The number of allylic oxidation sites excluding steroid dienone is 3. The molecule has 1 aliphatic heterocycles. The van der Waals surface area contributed by atoms with Crippen LogP contribution >= 0.6 is 7.92 Å². The Hall–Kier alpha value is -2.18. The molecule has 21 heavy (non-hydrogen) atoms. The maximum atomic E-state index is 4.47. The molecule has 2 nitrogen and oxygen atoms in total. The molecule has 1 atom stereocenters. The molecule has 104 valence electrons. The molecule has 0 radical (unpaired) electrons. The van der Waals surface area contributed by atoms with Crippen LogP contribution in [0, 0.1) is 0 Å². The fourth-order valence-corrected chi connectivity index (χ4v) is 4.16. The maximum Gasteiger partial charge on any atom is 0.0452 e. The van der Waals surface area contributed by atoms with Crippen LogP contribution in [0.25, 0.3) is 0 Å². The fraction of sp³-hybridized carbons (Fsp3) is 0.0556. The Morgan fingerprint density at radius 1 is 1.00 bits per heavy atom. The zero-order valence-corrected chi connectivity index (χ0v) is 12.6. The second-order valence-electron chi connectivity index (χ2n) is 4.73. The lowest BCUT2D eigenvalue weighted by Crippen LogP contribution is -2.07. The number of nitrogens with zero attached hydrogens (tertiary/aromatic N) is 1. The van der Waals surface area contributed by atoms with Crippen molar-refractivity contribution in [1.29, 1.82) is 0 Å². The smallest absolute Gasteiger partial charge is 0.0452 e. The Balaban J connectivity index is 1.88. The largest absolute Gasteiger partial charge is 0.362 e. The summed E-state index contributed by atoms with van der Waals surface area (Å²) in [5.74, 6) is 2.33. The molecule has 0 saturated heterocycles. The number of nitrogens with one attached hydrogen (secondary N) is 1. The lowest BCUT2D eigenvalue weighted by molar-refractivity contribution is 1.10. The molecule has 0 spiro atoms. The van der Waals surface area contributed by atoms with Crippen molar-refractivity contribution in [3.8, 4) is 0 Å². The normalized spacial score (nSPS) is 16.7. The van der Waals surface area contributed by atoms with E-state index in [1.807, 2.05) is 24.5 Å². The highest BCUT2D eigenvalue weighted by Crippen LogP contribution is 2.40. The van der Waals surface area contributed by atoms with E-state index in [0.717, 1.165) is 17.6 Å². The van der Waals surface area contributed by atoms with Crippen LogP contribution in [-0.4, -0.2) is 4.98 Å². The van der Waals surface area contributed by atoms with Crippen LogP contribution < -0.4 is 10.6 Å². The topological polar surface area (TPSA) is 24.9 Å². The van der Waals surface area contributed by atoms with Crippen molar-refractivity contribution in [1.82, 2.24) is 10.3 Å². The van der Waals surface area contributed by atoms with Crippen molar-refractivity contribution in [3.05, 3.63) is 96.4 Å². The van der Waals surface area contributed by atoms with Crippen LogP contribution in [0.3, 0.4) is 0 Å². The van der Waals surface area contributed by atoms with Gasteiger partial charge in [0.15, 0.2) is 0 Å². The van der Waals surface area contributed by atoms with Crippen LogP contribution in [0.5, 0.6) is 0 Å². The van der Waals surface area contributed by atoms with E-state index in [1.54, 1.807) is 0 Å². The molecule has 3 heteroatoms. The SMILES string of the molecule is C1=CN/C(=C\P(Cc2ccccn2)c2ccccc2)C=C1. The monoisotopic (exact) mass is 292 g/mol. The number of dihydropyridines is 1. The first-order valence-corrected chi connectivity index (χ1v) is 8.54. The molecule has 0 amide bonds. The Kier molecular flexibility index (Phi) is 4.60. The van der Waals surface area contributed by atoms with Crippen LogP contribution in [0.15, 0.2) is 90.7 Å². The van der Waals surface area contributed by atoms with Crippen LogP contribution in [0.2, 0.25) is 0 Å². The molecule has 1 aliphatic rings. The Bertz CT molecular complexity index is 660. The van der Waals surface area contributed by atoms with Crippen molar-refractivity contribution < 1.29 is 0 Å². The highest BCUT2D eigenvalue weighted by molar-refractivity contribution is 7.67. The standard InChI is InChI=1S/C18H17N2P/c1-2-10-18(11-3-1)21(14-16-8-4-6-12-19-16)15-17-9-5-7-13-20-17/h1-14,19H,15H2/b16-14-. The Labute approximate surface area is 126 Å². The fourth-order valence-electron chi connectivity index (χ4n) is 2.15. The molecule has 0 saturated carbocycles. The van der Waals surface area contributed by atoms with Gasteiger partial charge < -0.3 is 5.32 Å². The summed E-state index contributed by atoms with van der Waals surface area (Å²) in [5.41, 5.74) is 2.29. The predicted octanol–water partition coefficient (Wildman–Crippen LogP) is 3.90. The summed E-state index contributed by atoms with van der Waals surface area (Å²) < 4.78 is 0. The summed E-state index contributed by atoms with van der Waals surface area (Å²) in [6.45, 7) is 0. The molecule has 1 N–H and O–H groups in total. The second kappa shape index (κ2) is 7.01. The summed E-state index contributed by atoms with van der Waals surface area (Å²) in [6, 6.07) is 16.8. The first-order chi connectivity index (χ1) is 10.4. The molecule has 1 aromatic heterocycles. The highest BCUT2D eigenvalue weighted by Gasteiger charge is 2.11. The van der Waals surface area contributed by atoms with Gasteiger partial charge in [-0.1, -0.05) is 42.5 Å². The molecule has 1 unspecified atom stereocenters. The number of aromatic nitrogens is 1. The van der Waals surface area contributed by atoms with Crippen LogP contribution in [0.1, 0.15) is 5.69 Å². The van der Waals surface area contributed by atoms with E-state index in [0.29, 0.717) is 0 Å². The zero-order chi connectivity index (χ0) is 14.3. The summed E-state index contributed by atoms with van der Waals surface area (Å²) in [7, 11) is -0.427. The van der Waals surface area contributed by atoms with E-state index >= 15 is 0 Å². The van der Waals surface area contributed by atoms with E-state index in [4.69, 9.17) is 0 Å². The van der Waals surface area contributed by atoms with Gasteiger partial charge in [-0.25, -0.2) is 0 Å². The lowest BCUT2D eigenvalue weighted by Gasteiger charge is -2.16. The summed E-state index contributed by atoms with van der Waals surface area (Å²) in [4.78, 5) is 4.47. The average Bonchev–Trinajstić information content (AvgIpc) is 2.57. The van der Waals surface area contributed by atoms with Gasteiger partial charge in [0.2, 0.25) is 0 Å². The first kappa shape index (κ1) is 13.8. The van der Waals surface area contributed by atoms with E-state index in [1.165, 1.54) is 5.30 Å². The lowest BCUT2D eigenvalue weighted by atomic mass is 10.3. The van der Waals surface area contributed by atoms with Crippen molar-refractivity contribution in [2.45, 2.75) is 6.16 Å². The summed E-state index contributed by atoms with van der Waals surface area (Å²) in [5, 5.41) is 4.67. The number of benzene rings is 1. The van der Waals surface area contributed by atoms with Crippen LogP contribution in [0.4, 0.5) is 0 Å². The second-order valence-corrected chi connectivity index (χ2v) is 6.76.